The van der Waals surface area contributed by atoms with Gasteiger partial charge in [-0.25, -0.2) is 9.78 Å². The molecule has 1 heterocycles. The zero-order chi connectivity index (χ0) is 12.6. The van der Waals surface area contributed by atoms with E-state index in [2.05, 4.69) is 9.72 Å². The third kappa shape index (κ3) is 1.73. The molecule has 0 fully saturated rings. The number of rotatable bonds is 2. The molecular formula is C12H15N3O2. The average Bonchev–Trinajstić information content (AvgIpc) is 2.63. The van der Waals surface area contributed by atoms with E-state index in [1.807, 2.05) is 18.4 Å². The second-order valence-electron chi connectivity index (χ2n) is 3.83. The number of nitrogen functional groups attached to an aromatic ring is 1. The summed E-state index contributed by atoms with van der Waals surface area (Å²) >= 11 is 0. The first-order valence-electron chi connectivity index (χ1n) is 5.43. The predicted molar refractivity (Wildman–Crippen MR) is 65.9 cm³/mol. The van der Waals surface area contributed by atoms with Crippen molar-refractivity contribution in [2.24, 2.45) is 0 Å². The van der Waals surface area contributed by atoms with Crippen LogP contribution in [0, 0.1) is 6.92 Å². The van der Waals surface area contributed by atoms with Crippen molar-refractivity contribution >= 4 is 22.7 Å². The number of nitrogens with zero attached hydrogens (tertiary/aromatic N) is 2. The van der Waals surface area contributed by atoms with Gasteiger partial charge >= 0.3 is 5.97 Å². The maximum Gasteiger partial charge on any atom is 0.338 e. The normalized spacial score (nSPS) is 10.8. The lowest BCUT2D eigenvalue weighted by molar-refractivity contribution is 0.0601. The lowest BCUT2D eigenvalue weighted by atomic mass is 10.1. The number of hydrogen-bond acceptors (Lipinski definition) is 4. The Labute approximate surface area is 99.2 Å². The summed E-state index contributed by atoms with van der Waals surface area (Å²) in [5.41, 5.74) is 8.55. The quantitative estimate of drug-likeness (QED) is 0.633. The third-order valence-electron chi connectivity index (χ3n) is 2.80. The van der Waals surface area contributed by atoms with Gasteiger partial charge in [0.2, 0.25) is 0 Å². The van der Waals surface area contributed by atoms with Crippen LogP contribution in [0.2, 0.25) is 0 Å². The zero-order valence-electron chi connectivity index (χ0n) is 10.2. The molecule has 2 N–H and O–H groups in total. The first-order chi connectivity index (χ1) is 8.08. The maximum atomic E-state index is 11.5. The molecule has 0 radical (unpaired) electrons. The van der Waals surface area contributed by atoms with Gasteiger partial charge in [0.1, 0.15) is 5.82 Å². The van der Waals surface area contributed by atoms with Crippen molar-refractivity contribution in [2.45, 2.75) is 20.4 Å². The Morgan fingerprint density at radius 3 is 2.82 bits per heavy atom. The van der Waals surface area contributed by atoms with E-state index < -0.39 is 5.97 Å². The summed E-state index contributed by atoms with van der Waals surface area (Å²) in [5.74, 6) is 0.485. The molecule has 5 heteroatoms. The molecule has 0 atom stereocenters. The van der Waals surface area contributed by atoms with Crippen LogP contribution in [0.1, 0.15) is 23.1 Å². The van der Waals surface area contributed by atoms with Crippen LogP contribution in [0.25, 0.3) is 11.0 Å². The van der Waals surface area contributed by atoms with Gasteiger partial charge in [0.25, 0.3) is 0 Å². The third-order valence-corrected chi connectivity index (χ3v) is 2.80. The molecule has 0 amide bonds. The van der Waals surface area contributed by atoms with Crippen molar-refractivity contribution in [3.63, 3.8) is 0 Å². The van der Waals surface area contributed by atoms with Crippen LogP contribution in [0.15, 0.2) is 12.1 Å². The van der Waals surface area contributed by atoms with Gasteiger partial charge in [0.15, 0.2) is 0 Å². The van der Waals surface area contributed by atoms with Crippen LogP contribution in [0.5, 0.6) is 0 Å². The predicted octanol–water partition coefficient (Wildman–Crippen LogP) is 1.73. The molecule has 0 unspecified atom stereocenters. The van der Waals surface area contributed by atoms with E-state index in [1.54, 1.807) is 12.1 Å². The van der Waals surface area contributed by atoms with E-state index in [0.29, 0.717) is 11.3 Å². The summed E-state index contributed by atoms with van der Waals surface area (Å²) < 4.78 is 6.69. The molecule has 0 bridgehead atoms. The smallest absolute Gasteiger partial charge is 0.338 e. The molecular weight excluding hydrogens is 218 g/mol. The summed E-state index contributed by atoms with van der Waals surface area (Å²) in [6.07, 6.45) is 0. The molecule has 1 aromatic heterocycles. The zero-order valence-corrected chi connectivity index (χ0v) is 10.2. The van der Waals surface area contributed by atoms with Gasteiger partial charge in [0, 0.05) is 6.54 Å². The highest BCUT2D eigenvalue weighted by atomic mass is 16.5. The van der Waals surface area contributed by atoms with Crippen LogP contribution >= 0.6 is 0 Å². The number of benzene rings is 1. The van der Waals surface area contributed by atoms with E-state index in [9.17, 15) is 4.79 Å². The highest BCUT2D eigenvalue weighted by molar-refractivity contribution is 5.98. The monoisotopic (exact) mass is 233 g/mol. The number of aryl methyl sites for hydroxylation is 2. The number of ether oxygens (including phenoxy) is 1. The fourth-order valence-corrected chi connectivity index (χ4v) is 2.04. The molecule has 0 aliphatic heterocycles. The molecule has 1 aromatic carbocycles. The molecule has 0 aliphatic rings. The molecule has 5 nitrogen and oxygen atoms in total. The number of fused-ring (bicyclic) bond motifs is 1. The van der Waals surface area contributed by atoms with Gasteiger partial charge < -0.3 is 15.0 Å². The lowest BCUT2D eigenvalue weighted by Crippen LogP contribution is -2.04. The summed E-state index contributed by atoms with van der Waals surface area (Å²) in [6.45, 7) is 4.74. The van der Waals surface area contributed by atoms with E-state index in [1.165, 1.54) is 7.11 Å². The Balaban J connectivity index is 2.72. The minimum Gasteiger partial charge on any atom is -0.465 e. The van der Waals surface area contributed by atoms with Gasteiger partial charge in [-0.3, -0.25) is 0 Å². The first-order valence-corrected chi connectivity index (χ1v) is 5.43. The average molecular weight is 233 g/mol. The number of anilines is 1. The molecule has 2 aromatic rings. The number of methoxy groups -OCH3 is 1. The van der Waals surface area contributed by atoms with E-state index in [0.717, 1.165) is 23.4 Å². The Bertz CT molecular complexity index is 587. The van der Waals surface area contributed by atoms with Crippen molar-refractivity contribution < 1.29 is 9.53 Å². The Morgan fingerprint density at radius 1 is 1.53 bits per heavy atom. The number of imidazole rings is 1. The number of hydrogen-bond donors (Lipinski definition) is 1. The van der Waals surface area contributed by atoms with Crippen molar-refractivity contribution in [1.29, 1.82) is 0 Å². The maximum absolute atomic E-state index is 11.5. The largest absolute Gasteiger partial charge is 0.465 e. The Morgan fingerprint density at radius 2 is 2.24 bits per heavy atom. The summed E-state index contributed by atoms with van der Waals surface area (Å²) in [7, 11) is 1.35. The molecule has 0 saturated heterocycles. The Hall–Kier alpha value is -2.04. The number of carbonyl (C=O) groups is 1. The second kappa shape index (κ2) is 4.08. The molecule has 0 saturated carbocycles. The fourth-order valence-electron chi connectivity index (χ4n) is 2.04. The molecule has 2 rings (SSSR count). The molecule has 17 heavy (non-hydrogen) atoms. The number of nitrogens with two attached hydrogens (primary N) is 1. The van der Waals surface area contributed by atoms with Gasteiger partial charge in [-0.15, -0.1) is 0 Å². The van der Waals surface area contributed by atoms with Gasteiger partial charge in [-0.05, 0) is 26.0 Å². The second-order valence-corrected chi connectivity index (χ2v) is 3.83. The SMILES string of the molecule is CCn1c(C)nc2cc(C(=O)OC)cc(N)c21. The molecule has 0 aliphatic carbocycles. The number of esters is 1. The minimum atomic E-state index is -0.401. The van der Waals surface area contributed by atoms with Crippen molar-refractivity contribution in [3.8, 4) is 0 Å². The number of aromatic nitrogens is 2. The van der Waals surface area contributed by atoms with Gasteiger partial charge in [-0.2, -0.15) is 0 Å². The van der Waals surface area contributed by atoms with E-state index in [-0.39, 0.29) is 0 Å². The summed E-state index contributed by atoms with van der Waals surface area (Å²) in [4.78, 5) is 15.9. The first kappa shape index (κ1) is 11.4. The molecule has 90 valence electrons. The highest BCUT2D eigenvalue weighted by Crippen LogP contribution is 2.24. The van der Waals surface area contributed by atoms with Crippen molar-refractivity contribution in [1.82, 2.24) is 9.55 Å². The van der Waals surface area contributed by atoms with Crippen LogP contribution in [0.4, 0.5) is 5.69 Å². The van der Waals surface area contributed by atoms with E-state index >= 15 is 0 Å². The fraction of sp³-hybridized carbons (Fsp3) is 0.333. The topological polar surface area (TPSA) is 70.1 Å². The highest BCUT2D eigenvalue weighted by Gasteiger charge is 2.14. The number of carbonyl (C=O) groups excluding carboxylic acids is 1. The van der Waals surface area contributed by atoms with Crippen LogP contribution in [-0.4, -0.2) is 22.6 Å². The lowest BCUT2D eigenvalue weighted by Gasteiger charge is -2.06. The van der Waals surface area contributed by atoms with Crippen LogP contribution < -0.4 is 5.73 Å². The summed E-state index contributed by atoms with van der Waals surface area (Å²) in [6, 6.07) is 3.33. The van der Waals surface area contributed by atoms with Crippen LogP contribution in [-0.2, 0) is 11.3 Å². The summed E-state index contributed by atoms with van der Waals surface area (Å²) in [5, 5.41) is 0. The van der Waals surface area contributed by atoms with Gasteiger partial charge in [0.05, 0.1) is 29.4 Å². The molecule has 0 spiro atoms. The Kier molecular flexibility index (Phi) is 2.75. The van der Waals surface area contributed by atoms with Gasteiger partial charge in [-0.1, -0.05) is 0 Å². The minimum absolute atomic E-state index is 0.401. The standard InChI is InChI=1S/C12H15N3O2/c1-4-15-7(2)14-10-6-8(12(16)17-3)5-9(13)11(10)15/h5-6H,4,13H2,1-3H3. The van der Waals surface area contributed by atoms with Crippen molar-refractivity contribution in [2.75, 3.05) is 12.8 Å². The van der Waals surface area contributed by atoms with Crippen LogP contribution in [0.3, 0.4) is 0 Å². The van der Waals surface area contributed by atoms with Crippen molar-refractivity contribution in [3.05, 3.63) is 23.5 Å². The van der Waals surface area contributed by atoms with E-state index in [4.69, 9.17) is 5.73 Å².